The summed E-state index contributed by atoms with van der Waals surface area (Å²) in [7, 11) is 2.91. The van der Waals surface area contributed by atoms with E-state index in [1.54, 1.807) is 17.9 Å². The molecule has 0 saturated heterocycles. The Kier molecular flexibility index (Phi) is 3.83. The highest BCUT2D eigenvalue weighted by Crippen LogP contribution is 2.15. The molecule has 106 valence electrons. The van der Waals surface area contributed by atoms with Crippen LogP contribution in [0.3, 0.4) is 0 Å². The van der Waals surface area contributed by atoms with Crippen molar-refractivity contribution < 1.29 is 14.3 Å². The Hall–Kier alpha value is -2.64. The fourth-order valence-corrected chi connectivity index (χ4v) is 1.68. The lowest BCUT2D eigenvalue weighted by Crippen LogP contribution is -2.14. The largest absolute Gasteiger partial charge is 0.464 e. The van der Waals surface area contributed by atoms with Gasteiger partial charge in [0.15, 0.2) is 5.69 Å². The highest BCUT2D eigenvalue weighted by molar-refractivity contribution is 6.07. The first-order chi connectivity index (χ1) is 9.55. The van der Waals surface area contributed by atoms with Crippen LogP contribution in [0.25, 0.3) is 0 Å². The number of nitrogens with zero attached hydrogens (tertiary/aromatic N) is 4. The average Bonchev–Trinajstić information content (AvgIpc) is 3.04. The van der Waals surface area contributed by atoms with Crippen molar-refractivity contribution in [2.45, 2.75) is 13.5 Å². The number of esters is 1. The highest BCUT2D eigenvalue weighted by atomic mass is 16.5. The number of methoxy groups -OCH3 is 1. The molecular formula is C12H15N5O3. The standard InChI is InChI=1S/C12H15N5O3/c1-4-17-6-8(5-13-17)11(18)14-9-7-16(2)15-10(9)12(19)20-3/h5-7H,4H2,1-3H3,(H,14,18). The van der Waals surface area contributed by atoms with E-state index in [4.69, 9.17) is 0 Å². The number of carbonyl (C=O) groups is 2. The summed E-state index contributed by atoms with van der Waals surface area (Å²) in [5.41, 5.74) is 0.770. The van der Waals surface area contributed by atoms with Crippen molar-refractivity contribution in [1.82, 2.24) is 19.6 Å². The number of nitrogens with one attached hydrogen (secondary N) is 1. The minimum atomic E-state index is -0.606. The lowest BCUT2D eigenvalue weighted by molar-refractivity contribution is 0.0594. The molecule has 0 bridgehead atoms. The van der Waals surface area contributed by atoms with Gasteiger partial charge in [-0.05, 0) is 6.92 Å². The Bertz CT molecular complexity index is 643. The monoisotopic (exact) mass is 277 g/mol. The van der Waals surface area contributed by atoms with E-state index in [1.165, 1.54) is 24.2 Å². The molecule has 0 unspecified atom stereocenters. The number of aromatic nitrogens is 4. The molecule has 0 aliphatic heterocycles. The van der Waals surface area contributed by atoms with Crippen LogP contribution in [-0.2, 0) is 18.3 Å². The molecule has 20 heavy (non-hydrogen) atoms. The molecule has 2 aromatic heterocycles. The predicted molar refractivity (Wildman–Crippen MR) is 70.4 cm³/mol. The molecular weight excluding hydrogens is 262 g/mol. The third kappa shape index (κ3) is 2.68. The molecule has 1 N–H and O–H groups in total. The first kappa shape index (κ1) is 13.8. The van der Waals surface area contributed by atoms with Gasteiger partial charge in [-0.3, -0.25) is 14.2 Å². The maximum atomic E-state index is 12.1. The van der Waals surface area contributed by atoms with Gasteiger partial charge in [-0.2, -0.15) is 10.2 Å². The van der Waals surface area contributed by atoms with Crippen molar-refractivity contribution in [2.75, 3.05) is 12.4 Å². The molecule has 2 heterocycles. The molecule has 0 atom stereocenters. The summed E-state index contributed by atoms with van der Waals surface area (Å²) in [6, 6.07) is 0. The normalized spacial score (nSPS) is 10.3. The van der Waals surface area contributed by atoms with Crippen LogP contribution in [0.4, 0.5) is 5.69 Å². The van der Waals surface area contributed by atoms with Crippen LogP contribution in [0.2, 0.25) is 0 Å². The smallest absolute Gasteiger partial charge is 0.360 e. The Labute approximate surface area is 115 Å². The minimum absolute atomic E-state index is 0.0613. The molecule has 2 aromatic rings. The summed E-state index contributed by atoms with van der Waals surface area (Å²) in [5, 5.41) is 10.6. The second-order valence-corrected chi connectivity index (χ2v) is 4.10. The average molecular weight is 277 g/mol. The van der Waals surface area contributed by atoms with Crippen LogP contribution in [0.5, 0.6) is 0 Å². The zero-order valence-electron chi connectivity index (χ0n) is 11.5. The lowest BCUT2D eigenvalue weighted by atomic mass is 10.3. The van der Waals surface area contributed by atoms with Gasteiger partial charge in [0.1, 0.15) is 0 Å². The quantitative estimate of drug-likeness (QED) is 0.830. The third-order valence-corrected chi connectivity index (χ3v) is 2.68. The first-order valence-electron chi connectivity index (χ1n) is 6.01. The van der Waals surface area contributed by atoms with Gasteiger partial charge in [0.05, 0.1) is 24.6 Å². The summed E-state index contributed by atoms with van der Waals surface area (Å²) >= 11 is 0. The van der Waals surface area contributed by atoms with Gasteiger partial charge in [-0.1, -0.05) is 0 Å². The van der Waals surface area contributed by atoms with Gasteiger partial charge in [0.2, 0.25) is 0 Å². The number of rotatable bonds is 4. The van der Waals surface area contributed by atoms with Crippen LogP contribution in [-0.4, -0.2) is 38.5 Å². The number of aryl methyl sites for hydroxylation is 2. The second kappa shape index (κ2) is 5.55. The molecule has 0 aliphatic carbocycles. The molecule has 0 aliphatic rings. The Morgan fingerprint density at radius 2 is 2.15 bits per heavy atom. The van der Waals surface area contributed by atoms with Crippen molar-refractivity contribution in [3.8, 4) is 0 Å². The molecule has 8 heteroatoms. The zero-order chi connectivity index (χ0) is 14.7. The van der Waals surface area contributed by atoms with Crippen molar-refractivity contribution >= 4 is 17.6 Å². The van der Waals surface area contributed by atoms with Crippen LogP contribution in [0, 0.1) is 0 Å². The summed E-state index contributed by atoms with van der Waals surface area (Å²) in [6.07, 6.45) is 4.63. The minimum Gasteiger partial charge on any atom is -0.464 e. The van der Waals surface area contributed by atoms with E-state index in [1.807, 2.05) is 6.92 Å². The van der Waals surface area contributed by atoms with E-state index in [2.05, 4.69) is 20.3 Å². The number of anilines is 1. The summed E-state index contributed by atoms with van der Waals surface area (Å²) in [4.78, 5) is 23.6. The SMILES string of the molecule is CCn1cc(C(=O)Nc2cn(C)nc2C(=O)OC)cn1. The highest BCUT2D eigenvalue weighted by Gasteiger charge is 2.19. The Balaban J connectivity index is 2.21. The van der Waals surface area contributed by atoms with Crippen LogP contribution in [0.15, 0.2) is 18.6 Å². The maximum Gasteiger partial charge on any atom is 0.360 e. The van der Waals surface area contributed by atoms with Crippen molar-refractivity contribution in [3.05, 3.63) is 29.8 Å². The molecule has 2 rings (SSSR count). The van der Waals surface area contributed by atoms with E-state index in [9.17, 15) is 9.59 Å². The molecule has 0 fully saturated rings. The van der Waals surface area contributed by atoms with E-state index >= 15 is 0 Å². The van der Waals surface area contributed by atoms with Crippen LogP contribution >= 0.6 is 0 Å². The Morgan fingerprint density at radius 3 is 2.75 bits per heavy atom. The van der Waals surface area contributed by atoms with Crippen LogP contribution < -0.4 is 5.32 Å². The molecule has 8 nitrogen and oxygen atoms in total. The van der Waals surface area contributed by atoms with E-state index < -0.39 is 5.97 Å². The lowest BCUT2D eigenvalue weighted by Gasteiger charge is -2.02. The second-order valence-electron chi connectivity index (χ2n) is 4.10. The molecule has 0 saturated carbocycles. The molecule has 0 radical (unpaired) electrons. The molecule has 0 spiro atoms. The molecule has 0 aromatic carbocycles. The van der Waals surface area contributed by atoms with Crippen molar-refractivity contribution in [2.24, 2.45) is 7.05 Å². The first-order valence-corrected chi connectivity index (χ1v) is 6.01. The fraction of sp³-hybridized carbons (Fsp3) is 0.333. The van der Waals surface area contributed by atoms with E-state index in [0.29, 0.717) is 17.8 Å². The topological polar surface area (TPSA) is 91.0 Å². The number of hydrogen-bond donors (Lipinski definition) is 1. The van der Waals surface area contributed by atoms with Gasteiger partial charge in [-0.25, -0.2) is 4.79 Å². The summed E-state index contributed by atoms with van der Waals surface area (Å²) in [6.45, 7) is 2.60. The van der Waals surface area contributed by atoms with Crippen molar-refractivity contribution in [1.29, 1.82) is 0 Å². The van der Waals surface area contributed by atoms with Gasteiger partial charge in [0, 0.05) is 26.0 Å². The van der Waals surface area contributed by atoms with Gasteiger partial charge in [0.25, 0.3) is 5.91 Å². The van der Waals surface area contributed by atoms with Gasteiger partial charge in [-0.15, -0.1) is 0 Å². The number of hydrogen-bond acceptors (Lipinski definition) is 5. The summed E-state index contributed by atoms with van der Waals surface area (Å²) in [5.74, 6) is -0.965. The van der Waals surface area contributed by atoms with Crippen LogP contribution in [0.1, 0.15) is 27.8 Å². The van der Waals surface area contributed by atoms with Crippen molar-refractivity contribution in [3.63, 3.8) is 0 Å². The number of carbonyl (C=O) groups excluding carboxylic acids is 2. The Morgan fingerprint density at radius 1 is 1.40 bits per heavy atom. The van der Waals surface area contributed by atoms with Gasteiger partial charge >= 0.3 is 5.97 Å². The van der Waals surface area contributed by atoms with E-state index in [0.717, 1.165) is 0 Å². The predicted octanol–water partition coefficient (Wildman–Crippen LogP) is 0.675. The fourth-order valence-electron chi connectivity index (χ4n) is 1.68. The third-order valence-electron chi connectivity index (χ3n) is 2.68. The maximum absolute atomic E-state index is 12.1. The zero-order valence-corrected chi connectivity index (χ0v) is 11.5. The van der Waals surface area contributed by atoms with Gasteiger partial charge < -0.3 is 10.1 Å². The number of ether oxygens (including phenoxy) is 1. The number of amides is 1. The molecule has 1 amide bonds. The van der Waals surface area contributed by atoms with E-state index in [-0.39, 0.29) is 11.6 Å². The summed E-state index contributed by atoms with van der Waals surface area (Å²) < 4.78 is 7.68.